The van der Waals surface area contributed by atoms with Crippen LogP contribution in [0, 0.1) is 6.92 Å². The molecule has 1 N–H and O–H groups in total. The van der Waals surface area contributed by atoms with E-state index in [1.54, 1.807) is 6.92 Å². The molecule has 0 saturated carbocycles. The SMILES string of the molecule is C=C(C)C(=O)Oc1cc2c(C)cc(=O)oc2cc1O. The van der Waals surface area contributed by atoms with E-state index in [2.05, 4.69) is 6.58 Å². The van der Waals surface area contributed by atoms with Gasteiger partial charge in [0.15, 0.2) is 11.5 Å². The lowest BCUT2D eigenvalue weighted by molar-refractivity contribution is -0.130. The lowest BCUT2D eigenvalue weighted by atomic mass is 10.1. The van der Waals surface area contributed by atoms with Gasteiger partial charge in [-0.3, -0.25) is 0 Å². The molecule has 1 heterocycles. The van der Waals surface area contributed by atoms with Gasteiger partial charge in [0.2, 0.25) is 0 Å². The third-order valence-corrected chi connectivity index (χ3v) is 2.58. The first-order chi connectivity index (χ1) is 8.88. The smallest absolute Gasteiger partial charge is 0.338 e. The molecular weight excluding hydrogens is 248 g/mol. The van der Waals surface area contributed by atoms with Crippen molar-refractivity contribution in [2.45, 2.75) is 13.8 Å². The number of aryl methyl sites for hydroxylation is 1. The number of phenolic OH excluding ortho intramolecular Hbond substituents is 1. The number of carbonyl (C=O) groups excluding carboxylic acids is 1. The van der Waals surface area contributed by atoms with Gasteiger partial charge in [-0.05, 0) is 25.5 Å². The van der Waals surface area contributed by atoms with Crippen LogP contribution in [0.1, 0.15) is 12.5 Å². The molecule has 19 heavy (non-hydrogen) atoms. The Labute approximate surface area is 108 Å². The minimum atomic E-state index is -0.635. The molecule has 0 aliphatic carbocycles. The number of phenols is 1. The predicted molar refractivity (Wildman–Crippen MR) is 69.3 cm³/mol. The van der Waals surface area contributed by atoms with Gasteiger partial charge in [-0.25, -0.2) is 9.59 Å². The van der Waals surface area contributed by atoms with Gasteiger partial charge in [-0.15, -0.1) is 0 Å². The first-order valence-electron chi connectivity index (χ1n) is 5.53. The van der Waals surface area contributed by atoms with Crippen LogP contribution in [-0.4, -0.2) is 11.1 Å². The Morgan fingerprint density at radius 1 is 1.37 bits per heavy atom. The summed E-state index contributed by atoms with van der Waals surface area (Å²) in [5, 5.41) is 10.3. The predicted octanol–water partition coefficient (Wildman–Crippen LogP) is 2.29. The molecule has 1 aromatic heterocycles. The van der Waals surface area contributed by atoms with Crippen molar-refractivity contribution in [3.63, 3.8) is 0 Å². The molecular formula is C14H12O5. The fourth-order valence-electron chi connectivity index (χ4n) is 1.60. The molecule has 2 aromatic rings. The molecule has 1 aromatic carbocycles. The van der Waals surface area contributed by atoms with Crippen molar-refractivity contribution in [3.8, 4) is 11.5 Å². The Kier molecular flexibility index (Phi) is 3.12. The molecule has 0 spiro atoms. The van der Waals surface area contributed by atoms with Crippen molar-refractivity contribution in [1.29, 1.82) is 0 Å². The molecule has 5 heteroatoms. The van der Waals surface area contributed by atoms with Crippen molar-refractivity contribution < 1.29 is 19.1 Å². The molecule has 5 nitrogen and oxygen atoms in total. The molecule has 0 aliphatic heterocycles. The van der Waals surface area contributed by atoms with Crippen LogP contribution in [-0.2, 0) is 4.79 Å². The number of fused-ring (bicyclic) bond motifs is 1. The standard InChI is InChI=1S/C14H12O5/c1-7(2)14(17)19-12-5-9-8(3)4-13(16)18-11(9)6-10(12)15/h4-6,15H,1H2,2-3H3. The number of hydrogen-bond acceptors (Lipinski definition) is 5. The van der Waals surface area contributed by atoms with Gasteiger partial charge < -0.3 is 14.3 Å². The molecule has 0 saturated heterocycles. The Balaban J connectivity index is 2.58. The Morgan fingerprint density at radius 2 is 2.05 bits per heavy atom. The number of rotatable bonds is 2. The third-order valence-electron chi connectivity index (χ3n) is 2.58. The number of hydrogen-bond donors (Lipinski definition) is 1. The zero-order valence-corrected chi connectivity index (χ0v) is 10.5. The van der Waals surface area contributed by atoms with E-state index in [0.717, 1.165) is 0 Å². The van der Waals surface area contributed by atoms with Crippen LogP contribution >= 0.6 is 0 Å². The van der Waals surface area contributed by atoms with Crippen molar-refractivity contribution in [2.24, 2.45) is 0 Å². The van der Waals surface area contributed by atoms with E-state index < -0.39 is 11.6 Å². The minimum Gasteiger partial charge on any atom is -0.504 e. The summed E-state index contributed by atoms with van der Waals surface area (Å²) < 4.78 is 9.95. The van der Waals surface area contributed by atoms with Crippen LogP contribution in [0.4, 0.5) is 0 Å². The summed E-state index contributed by atoms with van der Waals surface area (Å²) in [6.07, 6.45) is 0. The molecule has 2 rings (SSSR count). The van der Waals surface area contributed by atoms with E-state index in [4.69, 9.17) is 9.15 Å². The lowest BCUT2D eigenvalue weighted by Crippen LogP contribution is -2.08. The molecule has 0 aliphatic rings. The minimum absolute atomic E-state index is 0.00236. The molecule has 98 valence electrons. The second-order valence-electron chi connectivity index (χ2n) is 4.23. The van der Waals surface area contributed by atoms with Gasteiger partial charge in [0.1, 0.15) is 5.58 Å². The zero-order valence-electron chi connectivity index (χ0n) is 10.5. The highest BCUT2D eigenvalue weighted by Gasteiger charge is 2.13. The third kappa shape index (κ3) is 2.49. The summed E-state index contributed by atoms with van der Waals surface area (Å²) in [5.41, 5.74) is 0.614. The van der Waals surface area contributed by atoms with Crippen LogP contribution in [0.25, 0.3) is 11.0 Å². The van der Waals surface area contributed by atoms with E-state index >= 15 is 0 Å². The highest BCUT2D eigenvalue weighted by atomic mass is 16.5. The maximum absolute atomic E-state index is 11.4. The van der Waals surface area contributed by atoms with Crippen LogP contribution in [0.3, 0.4) is 0 Å². The van der Waals surface area contributed by atoms with Crippen LogP contribution in [0.15, 0.2) is 39.6 Å². The maximum atomic E-state index is 11.4. The van der Waals surface area contributed by atoms with E-state index in [9.17, 15) is 14.7 Å². The lowest BCUT2D eigenvalue weighted by Gasteiger charge is -2.08. The van der Waals surface area contributed by atoms with Gasteiger partial charge in [0, 0.05) is 23.1 Å². The second kappa shape index (κ2) is 4.61. The number of aromatic hydroxyl groups is 1. The average molecular weight is 260 g/mol. The molecule has 0 atom stereocenters. The summed E-state index contributed by atoms with van der Waals surface area (Å²) >= 11 is 0. The van der Waals surface area contributed by atoms with Gasteiger partial charge in [-0.1, -0.05) is 6.58 Å². The van der Waals surface area contributed by atoms with Gasteiger partial charge in [0.25, 0.3) is 0 Å². The maximum Gasteiger partial charge on any atom is 0.338 e. The summed E-state index contributed by atoms with van der Waals surface area (Å²) in [6, 6.07) is 4.01. The molecule has 0 radical (unpaired) electrons. The quantitative estimate of drug-likeness (QED) is 0.388. The van der Waals surface area contributed by atoms with E-state index in [1.165, 1.54) is 25.1 Å². The van der Waals surface area contributed by atoms with Crippen molar-refractivity contribution in [3.05, 3.63) is 46.3 Å². The Bertz CT molecular complexity index is 739. The normalized spacial score (nSPS) is 10.4. The number of benzene rings is 1. The van der Waals surface area contributed by atoms with Gasteiger partial charge in [-0.2, -0.15) is 0 Å². The van der Waals surface area contributed by atoms with Crippen LogP contribution < -0.4 is 10.4 Å². The fraction of sp³-hybridized carbons (Fsp3) is 0.143. The van der Waals surface area contributed by atoms with Crippen LogP contribution in [0.2, 0.25) is 0 Å². The molecule has 0 fully saturated rings. The largest absolute Gasteiger partial charge is 0.504 e. The average Bonchev–Trinajstić information content (AvgIpc) is 2.30. The van der Waals surface area contributed by atoms with Gasteiger partial charge in [0.05, 0.1) is 0 Å². The summed E-state index contributed by atoms with van der Waals surface area (Å²) in [5.74, 6) is -0.919. The first kappa shape index (κ1) is 12.9. The highest BCUT2D eigenvalue weighted by Crippen LogP contribution is 2.32. The molecule has 0 bridgehead atoms. The molecule has 0 amide bonds. The summed E-state index contributed by atoms with van der Waals surface area (Å²) in [4.78, 5) is 22.7. The fourth-order valence-corrected chi connectivity index (χ4v) is 1.60. The monoisotopic (exact) mass is 260 g/mol. The number of esters is 1. The van der Waals surface area contributed by atoms with E-state index in [-0.39, 0.29) is 22.7 Å². The number of carbonyl (C=O) groups is 1. The Morgan fingerprint density at radius 3 is 2.68 bits per heavy atom. The first-order valence-corrected chi connectivity index (χ1v) is 5.53. The Hall–Kier alpha value is -2.56. The highest BCUT2D eigenvalue weighted by molar-refractivity contribution is 5.91. The van der Waals surface area contributed by atoms with Crippen molar-refractivity contribution in [2.75, 3.05) is 0 Å². The zero-order chi connectivity index (χ0) is 14.2. The topological polar surface area (TPSA) is 76.7 Å². The van der Waals surface area contributed by atoms with E-state index in [0.29, 0.717) is 10.9 Å². The van der Waals surface area contributed by atoms with Crippen LogP contribution in [0.5, 0.6) is 11.5 Å². The molecule has 0 unspecified atom stereocenters. The summed E-state index contributed by atoms with van der Waals surface area (Å²) in [7, 11) is 0. The van der Waals surface area contributed by atoms with Crippen molar-refractivity contribution >= 4 is 16.9 Å². The van der Waals surface area contributed by atoms with Gasteiger partial charge >= 0.3 is 11.6 Å². The van der Waals surface area contributed by atoms with Crippen molar-refractivity contribution in [1.82, 2.24) is 0 Å². The van der Waals surface area contributed by atoms with E-state index in [1.807, 2.05) is 0 Å². The second-order valence-corrected chi connectivity index (χ2v) is 4.23. The summed E-state index contributed by atoms with van der Waals surface area (Å²) in [6.45, 7) is 6.68. The number of ether oxygens (including phenoxy) is 1.